The Kier molecular flexibility index (Phi) is 2.80. The fourth-order valence-corrected chi connectivity index (χ4v) is 1.96. The topological polar surface area (TPSA) is 42.1 Å². The first-order chi connectivity index (χ1) is 9.22. The second-order valence-corrected chi connectivity index (χ2v) is 4.46. The lowest BCUT2D eigenvalue weighted by Crippen LogP contribution is -2.02. The zero-order chi connectivity index (χ0) is 13.2. The maximum atomic E-state index is 11.9. The number of nitrogens with one attached hydrogen (secondary N) is 1. The molecule has 0 saturated heterocycles. The van der Waals surface area contributed by atoms with Crippen molar-refractivity contribution in [1.82, 2.24) is 4.98 Å². The number of hydrogen-bond acceptors (Lipinski definition) is 2. The molecule has 94 valence electrons. The molecule has 0 aliphatic carbocycles. The predicted molar refractivity (Wildman–Crippen MR) is 75.8 cm³/mol. The van der Waals surface area contributed by atoms with Gasteiger partial charge in [0.1, 0.15) is 5.75 Å². The lowest BCUT2D eigenvalue weighted by molar-refractivity contribution is 0.464. The third-order valence-corrected chi connectivity index (χ3v) is 2.96. The van der Waals surface area contributed by atoms with Crippen LogP contribution < -0.4 is 10.2 Å². The van der Waals surface area contributed by atoms with E-state index in [9.17, 15) is 4.79 Å². The van der Waals surface area contributed by atoms with E-state index in [1.54, 1.807) is 6.07 Å². The number of aromatic nitrogens is 1. The van der Waals surface area contributed by atoms with Gasteiger partial charge in [0, 0.05) is 11.5 Å². The number of hydrogen-bond donors (Lipinski definition) is 1. The minimum atomic E-state index is -0.0449. The van der Waals surface area contributed by atoms with Crippen LogP contribution in [0.15, 0.2) is 59.4 Å². The Morgan fingerprint density at radius 2 is 1.74 bits per heavy atom. The summed E-state index contributed by atoms with van der Waals surface area (Å²) in [5.74, 6) is 1.16. The summed E-state index contributed by atoms with van der Waals surface area (Å²) >= 11 is 0. The normalized spacial score (nSPS) is 10.6. The van der Waals surface area contributed by atoms with Crippen LogP contribution in [0.5, 0.6) is 11.6 Å². The summed E-state index contributed by atoms with van der Waals surface area (Å²) in [6.07, 6.45) is 0. The van der Waals surface area contributed by atoms with Gasteiger partial charge in [-0.15, -0.1) is 0 Å². The highest BCUT2D eigenvalue weighted by Gasteiger charge is 2.03. The lowest BCUT2D eigenvalue weighted by Gasteiger charge is -2.07. The molecule has 1 N–H and O–H groups in total. The van der Waals surface area contributed by atoms with Crippen molar-refractivity contribution in [2.45, 2.75) is 6.92 Å². The van der Waals surface area contributed by atoms with Crippen molar-refractivity contribution >= 4 is 10.9 Å². The van der Waals surface area contributed by atoms with Crippen molar-refractivity contribution in [1.29, 1.82) is 0 Å². The minimum Gasteiger partial charge on any atom is -0.441 e. The Hall–Kier alpha value is -2.55. The maximum Gasteiger partial charge on any atom is 0.201 e. The molecule has 3 rings (SSSR count). The highest BCUT2D eigenvalue weighted by Crippen LogP contribution is 2.20. The largest absolute Gasteiger partial charge is 0.441 e. The van der Waals surface area contributed by atoms with Crippen molar-refractivity contribution in [3.8, 4) is 11.6 Å². The van der Waals surface area contributed by atoms with Gasteiger partial charge in [-0.1, -0.05) is 29.8 Å². The average molecular weight is 251 g/mol. The zero-order valence-corrected chi connectivity index (χ0v) is 10.5. The van der Waals surface area contributed by atoms with Crippen LogP contribution in [0.2, 0.25) is 0 Å². The van der Waals surface area contributed by atoms with Crippen LogP contribution in [0, 0.1) is 6.92 Å². The fourth-order valence-electron chi connectivity index (χ4n) is 1.96. The predicted octanol–water partition coefficient (Wildman–Crippen LogP) is 3.63. The molecule has 0 aliphatic heterocycles. The van der Waals surface area contributed by atoms with Crippen LogP contribution in [0.4, 0.5) is 0 Å². The molecule has 0 fully saturated rings. The van der Waals surface area contributed by atoms with Crippen molar-refractivity contribution < 1.29 is 4.74 Å². The highest BCUT2D eigenvalue weighted by molar-refractivity contribution is 5.78. The molecule has 0 spiro atoms. The molecule has 2 aromatic carbocycles. The van der Waals surface area contributed by atoms with E-state index in [1.807, 2.05) is 49.4 Å². The van der Waals surface area contributed by atoms with E-state index < -0.39 is 0 Å². The first kappa shape index (κ1) is 11.5. The first-order valence-corrected chi connectivity index (χ1v) is 6.09. The number of para-hydroxylation sites is 1. The second-order valence-electron chi connectivity index (χ2n) is 4.46. The van der Waals surface area contributed by atoms with E-state index in [2.05, 4.69) is 4.98 Å². The first-order valence-electron chi connectivity index (χ1n) is 6.09. The van der Waals surface area contributed by atoms with E-state index in [0.717, 1.165) is 5.52 Å². The molecule has 3 nitrogen and oxygen atoms in total. The number of ether oxygens (including phenoxy) is 1. The van der Waals surface area contributed by atoms with E-state index in [-0.39, 0.29) is 5.43 Å². The molecule has 1 aromatic heterocycles. The van der Waals surface area contributed by atoms with Crippen LogP contribution in [0.25, 0.3) is 10.9 Å². The summed E-state index contributed by atoms with van der Waals surface area (Å²) in [6, 6.07) is 16.5. The smallest absolute Gasteiger partial charge is 0.201 e. The molecule has 3 heteroatoms. The zero-order valence-electron chi connectivity index (χ0n) is 10.5. The van der Waals surface area contributed by atoms with Crippen LogP contribution in [-0.4, -0.2) is 4.98 Å². The lowest BCUT2D eigenvalue weighted by atomic mass is 10.2. The van der Waals surface area contributed by atoms with Crippen molar-refractivity contribution in [2.75, 3.05) is 0 Å². The van der Waals surface area contributed by atoms with E-state index in [1.165, 1.54) is 11.6 Å². The summed E-state index contributed by atoms with van der Waals surface area (Å²) in [6.45, 7) is 2.02. The molecule has 1 heterocycles. The molecule has 0 unspecified atom stereocenters. The molecule has 0 amide bonds. The summed E-state index contributed by atoms with van der Waals surface area (Å²) < 4.78 is 5.67. The van der Waals surface area contributed by atoms with Crippen LogP contribution in [0.1, 0.15) is 5.56 Å². The van der Waals surface area contributed by atoms with Gasteiger partial charge in [-0.25, -0.2) is 0 Å². The summed E-state index contributed by atoms with van der Waals surface area (Å²) in [5.41, 5.74) is 1.90. The third kappa shape index (κ3) is 2.36. The molecule has 0 bridgehead atoms. The Bertz CT molecular complexity index is 773. The molecule has 3 aromatic rings. The van der Waals surface area contributed by atoms with Gasteiger partial charge in [-0.3, -0.25) is 4.79 Å². The summed E-state index contributed by atoms with van der Waals surface area (Å²) in [5, 5.41) is 0.666. The minimum absolute atomic E-state index is 0.0449. The number of fused-ring (bicyclic) bond motifs is 1. The van der Waals surface area contributed by atoms with Gasteiger partial charge in [-0.05, 0) is 31.2 Å². The number of benzene rings is 2. The number of rotatable bonds is 2. The number of pyridine rings is 1. The monoisotopic (exact) mass is 251 g/mol. The summed E-state index contributed by atoms with van der Waals surface area (Å²) in [7, 11) is 0. The van der Waals surface area contributed by atoms with E-state index in [4.69, 9.17) is 4.74 Å². The third-order valence-electron chi connectivity index (χ3n) is 2.96. The Labute approximate surface area is 110 Å². The van der Waals surface area contributed by atoms with Gasteiger partial charge in [0.15, 0.2) is 5.43 Å². The molecule has 0 atom stereocenters. The van der Waals surface area contributed by atoms with Crippen LogP contribution in [-0.2, 0) is 0 Å². The molecule has 0 radical (unpaired) electrons. The quantitative estimate of drug-likeness (QED) is 0.755. The Morgan fingerprint density at radius 3 is 2.53 bits per heavy atom. The van der Waals surface area contributed by atoms with Gasteiger partial charge in [-0.2, -0.15) is 0 Å². The summed E-state index contributed by atoms with van der Waals surface area (Å²) in [4.78, 5) is 15.1. The standard InChI is InChI=1S/C16H13NO2/c1-11-6-8-12(9-7-11)19-16-10-15(18)13-4-2-3-5-14(13)17-16/h2-10H,1H3,(H,17,18). The number of aryl methyl sites for hydroxylation is 1. The Morgan fingerprint density at radius 1 is 1.00 bits per heavy atom. The van der Waals surface area contributed by atoms with Gasteiger partial charge < -0.3 is 9.72 Å². The highest BCUT2D eigenvalue weighted by atomic mass is 16.5. The van der Waals surface area contributed by atoms with E-state index in [0.29, 0.717) is 17.0 Å². The number of H-pyrrole nitrogens is 1. The van der Waals surface area contributed by atoms with Crippen LogP contribution >= 0.6 is 0 Å². The van der Waals surface area contributed by atoms with Crippen molar-refractivity contribution in [2.24, 2.45) is 0 Å². The molecular weight excluding hydrogens is 238 g/mol. The molecule has 19 heavy (non-hydrogen) atoms. The number of aromatic amines is 1. The van der Waals surface area contributed by atoms with Gasteiger partial charge in [0.25, 0.3) is 0 Å². The van der Waals surface area contributed by atoms with Gasteiger partial charge >= 0.3 is 0 Å². The van der Waals surface area contributed by atoms with Crippen LogP contribution in [0.3, 0.4) is 0 Å². The van der Waals surface area contributed by atoms with Crippen molar-refractivity contribution in [3.63, 3.8) is 0 Å². The maximum absolute atomic E-state index is 11.9. The fraction of sp³-hybridized carbons (Fsp3) is 0.0625. The second kappa shape index (κ2) is 4.61. The van der Waals surface area contributed by atoms with Crippen molar-refractivity contribution in [3.05, 3.63) is 70.4 Å². The average Bonchev–Trinajstić information content (AvgIpc) is 2.42. The SMILES string of the molecule is Cc1ccc(Oc2cc(=O)c3ccccc3[nH]2)cc1. The van der Waals surface area contributed by atoms with Gasteiger partial charge in [0.05, 0.1) is 5.52 Å². The Balaban J connectivity index is 2.01. The van der Waals surface area contributed by atoms with E-state index >= 15 is 0 Å². The van der Waals surface area contributed by atoms with Gasteiger partial charge in [0.2, 0.25) is 5.88 Å². The molecule has 0 saturated carbocycles. The molecule has 0 aliphatic rings. The molecular formula is C16H13NO2.